The number of hydrogen-bond donors (Lipinski definition) is 0. The van der Waals surface area contributed by atoms with Gasteiger partial charge in [-0.05, 0) is 31.2 Å². The van der Waals surface area contributed by atoms with Gasteiger partial charge in [0.15, 0.2) is 5.78 Å². The maximum atomic E-state index is 12.0. The van der Waals surface area contributed by atoms with Gasteiger partial charge in [0.25, 0.3) is 0 Å². The predicted molar refractivity (Wildman–Crippen MR) is 56.9 cm³/mol. The fourth-order valence-electron chi connectivity index (χ4n) is 1.81. The third kappa shape index (κ3) is 1.88. The highest BCUT2D eigenvalue weighted by molar-refractivity contribution is 7.10. The van der Waals surface area contributed by atoms with Crippen LogP contribution in [0.4, 0.5) is 0 Å². The van der Waals surface area contributed by atoms with Crippen LogP contribution < -0.4 is 0 Å². The summed E-state index contributed by atoms with van der Waals surface area (Å²) in [6.45, 7) is 3.42. The standard InChI is InChI=1S/C11H14O2S/c1-8-10(4-6-14-8)11(12)9-3-2-5-13-7-9/h4,6,9H,2-3,5,7H2,1H3. The first kappa shape index (κ1) is 9.87. The molecule has 0 N–H and O–H groups in total. The molecule has 2 heterocycles. The van der Waals surface area contributed by atoms with Gasteiger partial charge in [-0.3, -0.25) is 4.79 Å². The van der Waals surface area contributed by atoms with E-state index in [4.69, 9.17) is 4.74 Å². The van der Waals surface area contributed by atoms with Gasteiger partial charge in [-0.15, -0.1) is 11.3 Å². The molecule has 1 fully saturated rings. The number of rotatable bonds is 2. The Morgan fingerprint density at radius 2 is 2.50 bits per heavy atom. The Morgan fingerprint density at radius 3 is 3.07 bits per heavy atom. The highest BCUT2D eigenvalue weighted by atomic mass is 32.1. The molecule has 3 heteroatoms. The number of thiophene rings is 1. The fraction of sp³-hybridized carbons (Fsp3) is 0.545. The van der Waals surface area contributed by atoms with Crippen molar-refractivity contribution in [2.45, 2.75) is 19.8 Å². The molecule has 1 aromatic rings. The lowest BCUT2D eigenvalue weighted by Crippen LogP contribution is -2.25. The molecule has 2 nitrogen and oxygen atoms in total. The summed E-state index contributed by atoms with van der Waals surface area (Å²) in [6, 6.07) is 1.93. The van der Waals surface area contributed by atoms with Gasteiger partial charge in [0.2, 0.25) is 0 Å². The monoisotopic (exact) mass is 210 g/mol. The van der Waals surface area contributed by atoms with E-state index in [9.17, 15) is 4.79 Å². The second-order valence-electron chi connectivity index (χ2n) is 3.67. The van der Waals surface area contributed by atoms with Crippen molar-refractivity contribution in [1.29, 1.82) is 0 Å². The zero-order valence-electron chi connectivity index (χ0n) is 8.29. The second kappa shape index (κ2) is 4.24. The summed E-state index contributed by atoms with van der Waals surface area (Å²) in [5.41, 5.74) is 0.894. The van der Waals surface area contributed by atoms with Crippen LogP contribution in [-0.4, -0.2) is 19.0 Å². The number of carbonyl (C=O) groups excluding carboxylic acids is 1. The molecular formula is C11H14O2S. The predicted octanol–water partition coefficient (Wildman–Crippen LogP) is 2.67. The average Bonchev–Trinajstić information content (AvgIpc) is 2.65. The van der Waals surface area contributed by atoms with Gasteiger partial charge in [-0.25, -0.2) is 0 Å². The molecule has 76 valence electrons. The van der Waals surface area contributed by atoms with Crippen LogP contribution in [0.15, 0.2) is 11.4 Å². The van der Waals surface area contributed by atoms with Crippen LogP contribution in [0.5, 0.6) is 0 Å². The summed E-state index contributed by atoms with van der Waals surface area (Å²) in [6.07, 6.45) is 1.99. The van der Waals surface area contributed by atoms with Crippen molar-refractivity contribution in [3.8, 4) is 0 Å². The maximum Gasteiger partial charge on any atom is 0.169 e. The molecular weight excluding hydrogens is 196 g/mol. The molecule has 1 saturated heterocycles. The Bertz CT molecular complexity index is 324. The first-order valence-electron chi connectivity index (χ1n) is 4.95. The molecule has 0 radical (unpaired) electrons. The third-order valence-electron chi connectivity index (χ3n) is 2.66. The molecule has 1 aromatic heterocycles. The molecule has 0 amide bonds. The Balaban J connectivity index is 2.11. The molecule has 0 bridgehead atoms. The number of carbonyl (C=O) groups is 1. The van der Waals surface area contributed by atoms with Crippen molar-refractivity contribution in [3.05, 3.63) is 21.9 Å². The number of ether oxygens (including phenoxy) is 1. The minimum absolute atomic E-state index is 0.0945. The lowest BCUT2D eigenvalue weighted by atomic mass is 9.93. The van der Waals surface area contributed by atoms with Crippen LogP contribution in [0.25, 0.3) is 0 Å². The molecule has 0 aliphatic carbocycles. The van der Waals surface area contributed by atoms with Crippen molar-refractivity contribution >= 4 is 17.1 Å². The van der Waals surface area contributed by atoms with E-state index in [1.165, 1.54) is 0 Å². The minimum Gasteiger partial charge on any atom is -0.381 e. The maximum absolute atomic E-state index is 12.0. The zero-order chi connectivity index (χ0) is 9.97. The van der Waals surface area contributed by atoms with E-state index >= 15 is 0 Å². The summed E-state index contributed by atoms with van der Waals surface area (Å²) in [7, 11) is 0. The van der Waals surface area contributed by atoms with E-state index in [2.05, 4.69) is 0 Å². The summed E-state index contributed by atoms with van der Waals surface area (Å²) in [5.74, 6) is 0.362. The molecule has 0 saturated carbocycles. The smallest absolute Gasteiger partial charge is 0.169 e. The van der Waals surface area contributed by atoms with Gasteiger partial charge < -0.3 is 4.74 Å². The first-order chi connectivity index (χ1) is 6.79. The van der Waals surface area contributed by atoms with E-state index in [1.807, 2.05) is 18.4 Å². The SMILES string of the molecule is Cc1sccc1C(=O)C1CCCOC1. The van der Waals surface area contributed by atoms with E-state index in [1.54, 1.807) is 11.3 Å². The van der Waals surface area contributed by atoms with Crippen LogP contribution in [-0.2, 0) is 4.74 Å². The molecule has 2 rings (SSSR count). The fourth-order valence-corrected chi connectivity index (χ4v) is 2.51. The molecule has 1 aliphatic heterocycles. The molecule has 14 heavy (non-hydrogen) atoms. The largest absolute Gasteiger partial charge is 0.381 e. The van der Waals surface area contributed by atoms with Gasteiger partial charge in [0.05, 0.1) is 6.61 Å². The lowest BCUT2D eigenvalue weighted by Gasteiger charge is -2.20. The first-order valence-corrected chi connectivity index (χ1v) is 5.83. The van der Waals surface area contributed by atoms with E-state index in [-0.39, 0.29) is 11.7 Å². The zero-order valence-corrected chi connectivity index (χ0v) is 9.10. The normalized spacial score (nSPS) is 22.2. The van der Waals surface area contributed by atoms with Crippen LogP contribution in [0.1, 0.15) is 28.1 Å². The number of Topliss-reactive ketones (excluding diaryl/α,β-unsaturated/α-hetero) is 1. The summed E-state index contributed by atoms with van der Waals surface area (Å²) < 4.78 is 5.32. The van der Waals surface area contributed by atoms with Gasteiger partial charge in [0.1, 0.15) is 0 Å². The average molecular weight is 210 g/mol. The van der Waals surface area contributed by atoms with Crippen molar-refractivity contribution < 1.29 is 9.53 Å². The van der Waals surface area contributed by atoms with Gasteiger partial charge in [-0.1, -0.05) is 0 Å². The number of ketones is 1. The Labute approximate surface area is 87.9 Å². The molecule has 1 atom stereocenters. The summed E-state index contributed by atoms with van der Waals surface area (Å²) in [5, 5.41) is 1.98. The van der Waals surface area contributed by atoms with Gasteiger partial charge >= 0.3 is 0 Å². The quantitative estimate of drug-likeness (QED) is 0.701. The van der Waals surface area contributed by atoms with Crippen LogP contribution in [0.3, 0.4) is 0 Å². The van der Waals surface area contributed by atoms with Gasteiger partial charge in [0, 0.05) is 23.0 Å². The summed E-state index contributed by atoms with van der Waals surface area (Å²) >= 11 is 1.64. The minimum atomic E-state index is 0.0945. The molecule has 0 spiro atoms. The Morgan fingerprint density at radius 1 is 1.64 bits per heavy atom. The highest BCUT2D eigenvalue weighted by Crippen LogP contribution is 2.23. The number of hydrogen-bond acceptors (Lipinski definition) is 3. The van der Waals surface area contributed by atoms with Crippen molar-refractivity contribution in [1.82, 2.24) is 0 Å². The van der Waals surface area contributed by atoms with Crippen LogP contribution in [0, 0.1) is 12.8 Å². The van der Waals surface area contributed by atoms with Crippen LogP contribution in [0.2, 0.25) is 0 Å². The summed E-state index contributed by atoms with van der Waals surface area (Å²) in [4.78, 5) is 13.1. The van der Waals surface area contributed by atoms with E-state index in [0.29, 0.717) is 6.61 Å². The van der Waals surface area contributed by atoms with Crippen molar-refractivity contribution in [3.63, 3.8) is 0 Å². The van der Waals surface area contributed by atoms with Crippen molar-refractivity contribution in [2.75, 3.05) is 13.2 Å². The number of aryl methyl sites for hydroxylation is 1. The molecule has 1 unspecified atom stereocenters. The molecule has 1 aliphatic rings. The lowest BCUT2D eigenvalue weighted by molar-refractivity contribution is 0.0461. The Kier molecular flexibility index (Phi) is 2.99. The molecule has 0 aromatic carbocycles. The Hall–Kier alpha value is -0.670. The third-order valence-corrected chi connectivity index (χ3v) is 3.50. The highest BCUT2D eigenvalue weighted by Gasteiger charge is 2.24. The van der Waals surface area contributed by atoms with E-state index < -0.39 is 0 Å². The van der Waals surface area contributed by atoms with E-state index in [0.717, 1.165) is 29.9 Å². The van der Waals surface area contributed by atoms with Crippen molar-refractivity contribution in [2.24, 2.45) is 5.92 Å². The van der Waals surface area contributed by atoms with Gasteiger partial charge in [-0.2, -0.15) is 0 Å². The topological polar surface area (TPSA) is 26.3 Å². The second-order valence-corrected chi connectivity index (χ2v) is 4.79. The van der Waals surface area contributed by atoms with Crippen LogP contribution >= 0.6 is 11.3 Å².